The first-order chi connectivity index (χ1) is 13.7. The van der Waals surface area contributed by atoms with Crippen molar-refractivity contribution in [2.75, 3.05) is 13.1 Å². The third kappa shape index (κ3) is 4.27. The Hall–Kier alpha value is -3.02. The van der Waals surface area contributed by atoms with E-state index in [4.69, 9.17) is 4.42 Å². The summed E-state index contributed by atoms with van der Waals surface area (Å²) >= 11 is 0. The lowest BCUT2D eigenvalue weighted by molar-refractivity contribution is -0.132. The average Bonchev–Trinajstić information content (AvgIpc) is 3.24. The van der Waals surface area contributed by atoms with Crippen LogP contribution in [0.1, 0.15) is 36.6 Å². The smallest absolute Gasteiger partial charge is 0.247 e. The van der Waals surface area contributed by atoms with Crippen LogP contribution in [0, 0.1) is 5.82 Å². The van der Waals surface area contributed by atoms with Gasteiger partial charge in [-0.3, -0.25) is 4.79 Å². The van der Waals surface area contributed by atoms with Crippen LogP contribution in [-0.4, -0.2) is 34.1 Å². The molecule has 6 heteroatoms. The van der Waals surface area contributed by atoms with E-state index in [9.17, 15) is 9.18 Å². The largest absolute Gasteiger partial charge is 0.420 e. The van der Waals surface area contributed by atoms with Crippen LogP contribution in [0.15, 0.2) is 59.0 Å². The molecule has 0 bridgehead atoms. The van der Waals surface area contributed by atoms with Crippen LogP contribution in [0.5, 0.6) is 0 Å². The van der Waals surface area contributed by atoms with Crippen molar-refractivity contribution in [1.82, 2.24) is 15.1 Å². The van der Waals surface area contributed by atoms with Crippen molar-refractivity contribution in [3.63, 3.8) is 0 Å². The Morgan fingerprint density at radius 2 is 1.89 bits per heavy atom. The number of carbonyl (C=O) groups is 1. The van der Waals surface area contributed by atoms with E-state index >= 15 is 0 Å². The van der Waals surface area contributed by atoms with Crippen molar-refractivity contribution in [2.24, 2.45) is 0 Å². The average molecular weight is 379 g/mol. The Morgan fingerprint density at radius 1 is 1.11 bits per heavy atom. The number of rotatable bonds is 5. The molecule has 1 unspecified atom stereocenters. The van der Waals surface area contributed by atoms with Crippen LogP contribution in [0.25, 0.3) is 11.5 Å². The van der Waals surface area contributed by atoms with Gasteiger partial charge in [-0.2, -0.15) is 0 Å². The van der Waals surface area contributed by atoms with Crippen molar-refractivity contribution < 1.29 is 13.6 Å². The number of halogens is 1. The number of aromatic nitrogens is 2. The van der Waals surface area contributed by atoms with Crippen molar-refractivity contribution in [3.05, 3.63) is 71.9 Å². The summed E-state index contributed by atoms with van der Waals surface area (Å²) in [5.74, 6) is 0.811. The summed E-state index contributed by atoms with van der Waals surface area (Å²) in [6.45, 7) is 1.36. The molecule has 5 nitrogen and oxygen atoms in total. The highest BCUT2D eigenvalue weighted by Crippen LogP contribution is 2.29. The van der Waals surface area contributed by atoms with E-state index in [1.165, 1.54) is 17.7 Å². The first-order valence-electron chi connectivity index (χ1n) is 9.60. The van der Waals surface area contributed by atoms with Crippen LogP contribution in [0.4, 0.5) is 4.39 Å². The monoisotopic (exact) mass is 379 g/mol. The molecule has 144 valence electrons. The fourth-order valence-electron chi connectivity index (χ4n) is 3.57. The molecule has 0 N–H and O–H groups in total. The Kier molecular flexibility index (Phi) is 5.46. The van der Waals surface area contributed by atoms with E-state index in [0.717, 1.165) is 25.8 Å². The zero-order valence-electron chi connectivity index (χ0n) is 15.6. The standard InChI is InChI=1S/C22H22FN3O2/c23-19-11-9-17(10-12-19)21-24-25-22(28-21)18-7-4-14-26(15-18)20(27)13-8-16-5-2-1-3-6-16/h1-3,5-6,9-12,18H,4,7-8,13-15H2. The minimum atomic E-state index is -0.305. The molecule has 1 saturated heterocycles. The van der Waals surface area contributed by atoms with Gasteiger partial charge in [0.1, 0.15) is 5.82 Å². The highest BCUT2D eigenvalue weighted by Gasteiger charge is 2.28. The van der Waals surface area contributed by atoms with Crippen LogP contribution in [-0.2, 0) is 11.2 Å². The lowest BCUT2D eigenvalue weighted by Gasteiger charge is -2.31. The topological polar surface area (TPSA) is 59.2 Å². The number of benzene rings is 2. The van der Waals surface area contributed by atoms with Crippen LogP contribution < -0.4 is 0 Å². The van der Waals surface area contributed by atoms with E-state index in [0.29, 0.717) is 30.3 Å². The number of amides is 1. The van der Waals surface area contributed by atoms with Gasteiger partial charge in [0.25, 0.3) is 0 Å². The van der Waals surface area contributed by atoms with E-state index in [2.05, 4.69) is 10.2 Å². The van der Waals surface area contributed by atoms with Gasteiger partial charge in [0.15, 0.2) is 0 Å². The zero-order valence-corrected chi connectivity index (χ0v) is 15.6. The van der Waals surface area contributed by atoms with E-state index < -0.39 is 0 Å². The molecule has 1 atom stereocenters. The van der Waals surface area contributed by atoms with Gasteiger partial charge in [-0.15, -0.1) is 10.2 Å². The molecule has 28 heavy (non-hydrogen) atoms. The molecule has 0 radical (unpaired) electrons. The summed E-state index contributed by atoms with van der Waals surface area (Å²) < 4.78 is 18.9. The first kappa shape index (κ1) is 18.3. The number of likely N-dealkylation sites (tertiary alicyclic amines) is 1. The third-order valence-electron chi connectivity index (χ3n) is 5.13. The molecule has 2 aromatic carbocycles. The van der Waals surface area contributed by atoms with Crippen molar-refractivity contribution >= 4 is 5.91 Å². The minimum Gasteiger partial charge on any atom is -0.420 e. The number of carbonyl (C=O) groups excluding carboxylic acids is 1. The van der Waals surface area contributed by atoms with Gasteiger partial charge in [0.2, 0.25) is 17.7 Å². The lowest BCUT2D eigenvalue weighted by atomic mass is 9.97. The molecule has 0 saturated carbocycles. The van der Waals surface area contributed by atoms with Gasteiger partial charge >= 0.3 is 0 Å². The van der Waals surface area contributed by atoms with E-state index in [-0.39, 0.29) is 17.6 Å². The SMILES string of the molecule is O=C(CCc1ccccc1)N1CCCC(c2nnc(-c3ccc(F)cc3)o2)C1. The Bertz CT molecular complexity index is 924. The van der Waals surface area contributed by atoms with Gasteiger partial charge in [0.05, 0.1) is 5.92 Å². The third-order valence-corrected chi connectivity index (χ3v) is 5.13. The van der Waals surface area contributed by atoms with Crippen LogP contribution >= 0.6 is 0 Å². The number of nitrogens with zero attached hydrogens (tertiary/aromatic N) is 3. The molecular weight excluding hydrogens is 357 g/mol. The van der Waals surface area contributed by atoms with Gasteiger partial charge in [-0.05, 0) is 49.1 Å². The maximum atomic E-state index is 13.1. The zero-order chi connectivity index (χ0) is 19.3. The molecule has 2 heterocycles. The van der Waals surface area contributed by atoms with Gasteiger partial charge in [-0.1, -0.05) is 30.3 Å². The fraction of sp³-hybridized carbons (Fsp3) is 0.318. The maximum Gasteiger partial charge on any atom is 0.247 e. The molecule has 1 aliphatic rings. The number of piperidine rings is 1. The summed E-state index contributed by atoms with van der Waals surface area (Å²) in [6.07, 6.45) is 3.07. The molecule has 3 aromatic rings. The second-order valence-corrected chi connectivity index (χ2v) is 7.12. The molecule has 1 aliphatic heterocycles. The van der Waals surface area contributed by atoms with Gasteiger partial charge in [0, 0.05) is 25.1 Å². The fourth-order valence-corrected chi connectivity index (χ4v) is 3.57. The van der Waals surface area contributed by atoms with Crippen LogP contribution in [0.2, 0.25) is 0 Å². The summed E-state index contributed by atoms with van der Waals surface area (Å²) in [4.78, 5) is 14.5. The summed E-state index contributed by atoms with van der Waals surface area (Å²) in [7, 11) is 0. The Balaban J connectivity index is 1.38. The van der Waals surface area contributed by atoms with Crippen molar-refractivity contribution in [2.45, 2.75) is 31.6 Å². The molecule has 0 aliphatic carbocycles. The first-order valence-corrected chi connectivity index (χ1v) is 9.60. The predicted molar refractivity (Wildman–Crippen MR) is 103 cm³/mol. The molecule has 1 amide bonds. The molecule has 1 fully saturated rings. The van der Waals surface area contributed by atoms with Crippen molar-refractivity contribution in [1.29, 1.82) is 0 Å². The maximum absolute atomic E-state index is 13.1. The predicted octanol–water partition coefficient (Wildman–Crippen LogP) is 4.21. The van der Waals surface area contributed by atoms with Gasteiger partial charge in [-0.25, -0.2) is 4.39 Å². The van der Waals surface area contributed by atoms with Gasteiger partial charge < -0.3 is 9.32 Å². The summed E-state index contributed by atoms with van der Waals surface area (Å²) in [6, 6.07) is 16.0. The number of hydrogen-bond donors (Lipinski definition) is 0. The minimum absolute atomic E-state index is 0.0381. The number of hydrogen-bond acceptors (Lipinski definition) is 4. The van der Waals surface area contributed by atoms with Crippen molar-refractivity contribution in [3.8, 4) is 11.5 Å². The molecule has 1 aromatic heterocycles. The molecule has 0 spiro atoms. The number of aryl methyl sites for hydroxylation is 1. The second-order valence-electron chi connectivity index (χ2n) is 7.12. The highest BCUT2D eigenvalue weighted by molar-refractivity contribution is 5.76. The summed E-state index contributed by atoms with van der Waals surface area (Å²) in [5.41, 5.74) is 1.86. The highest BCUT2D eigenvalue weighted by atomic mass is 19.1. The molecule has 4 rings (SSSR count). The molecular formula is C22H22FN3O2. The van der Waals surface area contributed by atoms with Crippen LogP contribution in [0.3, 0.4) is 0 Å². The van der Waals surface area contributed by atoms with E-state index in [1.807, 2.05) is 35.2 Å². The Morgan fingerprint density at radius 3 is 2.68 bits per heavy atom. The quantitative estimate of drug-likeness (QED) is 0.666. The summed E-state index contributed by atoms with van der Waals surface area (Å²) in [5, 5.41) is 8.27. The second kappa shape index (κ2) is 8.33. The lowest BCUT2D eigenvalue weighted by Crippen LogP contribution is -2.39. The van der Waals surface area contributed by atoms with E-state index in [1.54, 1.807) is 12.1 Å². The Labute approximate surface area is 163 Å². The normalized spacial score (nSPS) is 16.9.